The molecule has 18 heavy (non-hydrogen) atoms. The van der Waals surface area contributed by atoms with Crippen molar-refractivity contribution in [3.05, 3.63) is 57.3 Å². The Bertz CT molecular complexity index is 519. The molecule has 0 spiro atoms. The molecule has 0 saturated carbocycles. The van der Waals surface area contributed by atoms with Crippen LogP contribution in [0.5, 0.6) is 0 Å². The molecule has 0 aliphatic heterocycles. The lowest BCUT2D eigenvalue weighted by Gasteiger charge is -2.17. The van der Waals surface area contributed by atoms with E-state index in [1.165, 1.54) is 18.2 Å². The summed E-state index contributed by atoms with van der Waals surface area (Å²) >= 11 is 1.58. The standard InChI is InChI=1S/C13H14F2N2S/c1-8-9(5-6-18-8)13(17-16)7-10-11(14)3-2-4-12(10)15/h2-6,13,17H,7,16H2,1H3. The summed E-state index contributed by atoms with van der Waals surface area (Å²) in [5.74, 6) is 4.41. The first-order valence-corrected chi connectivity index (χ1v) is 6.44. The van der Waals surface area contributed by atoms with Crippen molar-refractivity contribution in [3.63, 3.8) is 0 Å². The van der Waals surface area contributed by atoms with E-state index in [1.807, 2.05) is 18.4 Å². The molecule has 0 bridgehead atoms. The summed E-state index contributed by atoms with van der Waals surface area (Å²) in [7, 11) is 0. The van der Waals surface area contributed by atoms with Gasteiger partial charge >= 0.3 is 0 Å². The molecule has 0 aliphatic carbocycles. The molecule has 0 amide bonds. The molecule has 0 fully saturated rings. The third-order valence-corrected chi connectivity index (χ3v) is 3.81. The van der Waals surface area contributed by atoms with Crippen LogP contribution < -0.4 is 11.3 Å². The Kier molecular flexibility index (Phi) is 4.06. The van der Waals surface area contributed by atoms with Gasteiger partial charge < -0.3 is 0 Å². The highest BCUT2D eigenvalue weighted by Gasteiger charge is 2.18. The molecule has 1 unspecified atom stereocenters. The molecule has 3 N–H and O–H groups in total. The third-order valence-electron chi connectivity index (χ3n) is 2.95. The average Bonchev–Trinajstić information content (AvgIpc) is 2.76. The summed E-state index contributed by atoms with van der Waals surface area (Å²) in [6, 6.07) is 5.50. The lowest BCUT2D eigenvalue weighted by atomic mass is 9.99. The number of nitrogens with one attached hydrogen (secondary N) is 1. The van der Waals surface area contributed by atoms with Gasteiger partial charge in [-0.15, -0.1) is 11.3 Å². The maximum Gasteiger partial charge on any atom is 0.129 e. The van der Waals surface area contributed by atoms with E-state index in [0.717, 1.165) is 10.4 Å². The molecule has 1 aromatic carbocycles. The first-order valence-electron chi connectivity index (χ1n) is 5.56. The van der Waals surface area contributed by atoms with Crippen LogP contribution in [0.1, 0.15) is 22.0 Å². The van der Waals surface area contributed by atoms with Crippen molar-refractivity contribution in [1.82, 2.24) is 5.43 Å². The van der Waals surface area contributed by atoms with Crippen LogP contribution >= 0.6 is 11.3 Å². The van der Waals surface area contributed by atoms with Crippen molar-refractivity contribution >= 4 is 11.3 Å². The van der Waals surface area contributed by atoms with Crippen LogP contribution in [0.3, 0.4) is 0 Å². The Morgan fingerprint density at radius 2 is 1.94 bits per heavy atom. The average molecular weight is 268 g/mol. The third kappa shape index (κ3) is 2.58. The fourth-order valence-electron chi connectivity index (χ4n) is 1.95. The molecule has 2 rings (SSSR count). The second kappa shape index (κ2) is 5.56. The van der Waals surface area contributed by atoms with E-state index in [2.05, 4.69) is 5.43 Å². The molecule has 0 aliphatic rings. The van der Waals surface area contributed by atoms with Gasteiger partial charge in [0, 0.05) is 10.4 Å². The van der Waals surface area contributed by atoms with Crippen molar-refractivity contribution in [3.8, 4) is 0 Å². The normalized spacial score (nSPS) is 12.7. The zero-order valence-corrected chi connectivity index (χ0v) is 10.7. The van der Waals surface area contributed by atoms with Gasteiger partial charge in [-0.3, -0.25) is 11.3 Å². The number of rotatable bonds is 4. The summed E-state index contributed by atoms with van der Waals surface area (Å²) < 4.78 is 27.2. The molecule has 2 aromatic rings. The van der Waals surface area contributed by atoms with E-state index in [-0.39, 0.29) is 18.0 Å². The Morgan fingerprint density at radius 3 is 2.44 bits per heavy atom. The molecule has 0 radical (unpaired) electrons. The number of thiophene rings is 1. The van der Waals surface area contributed by atoms with E-state index in [1.54, 1.807) is 11.3 Å². The molecule has 0 saturated heterocycles. The van der Waals surface area contributed by atoms with Crippen LogP contribution in [0, 0.1) is 18.6 Å². The Labute approximate surface area is 108 Å². The molecule has 1 heterocycles. The molecule has 5 heteroatoms. The van der Waals surface area contributed by atoms with Crippen molar-refractivity contribution in [1.29, 1.82) is 0 Å². The largest absolute Gasteiger partial charge is 0.271 e. The molecular formula is C13H14F2N2S. The quantitative estimate of drug-likeness (QED) is 0.660. The summed E-state index contributed by atoms with van der Waals surface area (Å²) in [5.41, 5.74) is 3.66. The van der Waals surface area contributed by atoms with Crippen molar-refractivity contribution in [2.45, 2.75) is 19.4 Å². The highest BCUT2D eigenvalue weighted by molar-refractivity contribution is 7.10. The molecular weight excluding hydrogens is 254 g/mol. The minimum absolute atomic E-state index is 0.0612. The second-order valence-corrected chi connectivity index (χ2v) is 5.18. The Morgan fingerprint density at radius 1 is 1.28 bits per heavy atom. The zero-order valence-electron chi connectivity index (χ0n) is 9.91. The van der Waals surface area contributed by atoms with Crippen molar-refractivity contribution in [2.75, 3.05) is 0 Å². The summed E-state index contributed by atoms with van der Waals surface area (Å²) in [6.45, 7) is 1.96. The van der Waals surface area contributed by atoms with E-state index < -0.39 is 11.6 Å². The Balaban J connectivity index is 2.29. The first-order chi connectivity index (χ1) is 8.63. The van der Waals surface area contributed by atoms with E-state index in [9.17, 15) is 8.78 Å². The van der Waals surface area contributed by atoms with Crippen LogP contribution in [-0.2, 0) is 6.42 Å². The number of aryl methyl sites for hydroxylation is 1. The van der Waals surface area contributed by atoms with E-state index in [4.69, 9.17) is 5.84 Å². The summed E-state index contributed by atoms with van der Waals surface area (Å²) in [5, 5.41) is 1.94. The first kappa shape index (κ1) is 13.1. The van der Waals surface area contributed by atoms with Crippen LogP contribution in [-0.4, -0.2) is 0 Å². The molecule has 1 atom stereocenters. The maximum atomic E-state index is 13.6. The lowest BCUT2D eigenvalue weighted by Crippen LogP contribution is -2.30. The number of hydrogen-bond donors (Lipinski definition) is 2. The predicted molar refractivity (Wildman–Crippen MR) is 69.2 cm³/mol. The topological polar surface area (TPSA) is 38.0 Å². The van der Waals surface area contributed by atoms with Crippen LogP contribution in [0.15, 0.2) is 29.6 Å². The minimum Gasteiger partial charge on any atom is -0.271 e. The second-order valence-electron chi connectivity index (χ2n) is 4.06. The monoisotopic (exact) mass is 268 g/mol. The molecule has 96 valence electrons. The van der Waals surface area contributed by atoms with Gasteiger partial charge in [-0.05, 0) is 42.5 Å². The fourth-order valence-corrected chi connectivity index (χ4v) is 2.71. The highest BCUT2D eigenvalue weighted by Crippen LogP contribution is 2.26. The van der Waals surface area contributed by atoms with Crippen LogP contribution in [0.25, 0.3) is 0 Å². The maximum absolute atomic E-state index is 13.6. The zero-order chi connectivity index (χ0) is 13.1. The van der Waals surface area contributed by atoms with Gasteiger partial charge in [0.15, 0.2) is 0 Å². The van der Waals surface area contributed by atoms with Crippen molar-refractivity contribution < 1.29 is 8.78 Å². The number of hydrogen-bond acceptors (Lipinski definition) is 3. The summed E-state index contributed by atoms with van der Waals surface area (Å²) in [6.07, 6.45) is 0.187. The van der Waals surface area contributed by atoms with Gasteiger partial charge in [0.05, 0.1) is 6.04 Å². The van der Waals surface area contributed by atoms with Gasteiger partial charge in [0.1, 0.15) is 11.6 Å². The smallest absolute Gasteiger partial charge is 0.129 e. The number of halogens is 2. The SMILES string of the molecule is Cc1sccc1C(Cc1c(F)cccc1F)NN. The Hall–Kier alpha value is -1.30. The van der Waals surface area contributed by atoms with Gasteiger partial charge in [0.2, 0.25) is 0 Å². The number of hydrazine groups is 1. The van der Waals surface area contributed by atoms with E-state index >= 15 is 0 Å². The summed E-state index contributed by atoms with van der Waals surface area (Å²) in [4.78, 5) is 1.09. The van der Waals surface area contributed by atoms with Crippen molar-refractivity contribution in [2.24, 2.45) is 5.84 Å². The number of nitrogens with two attached hydrogens (primary N) is 1. The van der Waals surface area contributed by atoms with Crippen LogP contribution in [0.4, 0.5) is 8.78 Å². The van der Waals surface area contributed by atoms with Gasteiger partial charge in [-0.1, -0.05) is 6.07 Å². The lowest BCUT2D eigenvalue weighted by molar-refractivity contribution is 0.499. The minimum atomic E-state index is -0.539. The van der Waals surface area contributed by atoms with Gasteiger partial charge in [0.25, 0.3) is 0 Å². The molecule has 1 aromatic heterocycles. The fraction of sp³-hybridized carbons (Fsp3) is 0.231. The predicted octanol–water partition coefficient (Wildman–Crippen LogP) is 3.08. The van der Waals surface area contributed by atoms with E-state index in [0.29, 0.717) is 0 Å². The number of benzene rings is 1. The highest BCUT2D eigenvalue weighted by atomic mass is 32.1. The van der Waals surface area contributed by atoms with Gasteiger partial charge in [-0.25, -0.2) is 8.78 Å². The van der Waals surface area contributed by atoms with Crippen LogP contribution in [0.2, 0.25) is 0 Å². The van der Waals surface area contributed by atoms with Gasteiger partial charge in [-0.2, -0.15) is 0 Å². The molecule has 2 nitrogen and oxygen atoms in total.